The number of ether oxygens (including phenoxy) is 1. The largest absolute Gasteiger partial charge is 0.446 e. The predicted molar refractivity (Wildman–Crippen MR) is 41.3 cm³/mol. The second-order valence-electron chi connectivity index (χ2n) is 2.51. The third-order valence-corrected chi connectivity index (χ3v) is 1.68. The second-order valence-corrected chi connectivity index (χ2v) is 2.51. The molecule has 6 heteroatoms. The lowest BCUT2D eigenvalue weighted by molar-refractivity contribution is -0.147. The van der Waals surface area contributed by atoms with E-state index in [0.717, 1.165) is 0 Å². The number of aliphatic hydroxyl groups is 2. The summed E-state index contributed by atoms with van der Waals surface area (Å²) in [5.74, 6) is -1.54. The molecule has 0 saturated carbocycles. The Kier molecular flexibility index (Phi) is 2.74. The van der Waals surface area contributed by atoms with Crippen molar-refractivity contribution in [2.24, 2.45) is 4.99 Å². The molecule has 0 aliphatic carbocycles. The quantitative estimate of drug-likeness (QED) is 0.483. The van der Waals surface area contributed by atoms with Crippen LogP contribution < -0.4 is 0 Å². The number of esters is 1. The van der Waals surface area contributed by atoms with Gasteiger partial charge in [-0.2, -0.15) is 0 Å². The number of carbonyl (C=O) groups excluding carboxylic acids is 2. The highest BCUT2D eigenvalue weighted by Crippen LogP contribution is 2.11. The van der Waals surface area contributed by atoms with Crippen molar-refractivity contribution in [2.45, 2.75) is 12.2 Å². The van der Waals surface area contributed by atoms with E-state index in [1.165, 1.54) is 7.05 Å². The first-order valence-corrected chi connectivity index (χ1v) is 3.62. The Hall–Kier alpha value is -1.27. The van der Waals surface area contributed by atoms with Gasteiger partial charge in [0.15, 0.2) is 11.8 Å². The Morgan fingerprint density at radius 1 is 1.62 bits per heavy atom. The number of ketones is 1. The van der Waals surface area contributed by atoms with Gasteiger partial charge in [-0.1, -0.05) is 0 Å². The van der Waals surface area contributed by atoms with E-state index in [9.17, 15) is 9.59 Å². The monoisotopic (exact) mass is 187 g/mol. The van der Waals surface area contributed by atoms with Gasteiger partial charge in [-0.05, 0) is 0 Å². The summed E-state index contributed by atoms with van der Waals surface area (Å²) in [5, 5.41) is 17.6. The van der Waals surface area contributed by atoms with Crippen LogP contribution in [0.2, 0.25) is 0 Å². The standard InChI is InChI=1S/C7H9NO5/c1-8-4-5(11)6(3(10)2-9)13-7(4)12/h3,6,9-10H,2H2,1H3. The smallest absolute Gasteiger partial charge is 0.361 e. The summed E-state index contributed by atoms with van der Waals surface area (Å²) in [7, 11) is 1.28. The number of nitrogens with zero attached hydrogens (tertiary/aromatic N) is 1. The number of aliphatic hydroxyl groups excluding tert-OH is 2. The van der Waals surface area contributed by atoms with Crippen LogP contribution in [0.5, 0.6) is 0 Å². The van der Waals surface area contributed by atoms with Crippen LogP contribution in [0.3, 0.4) is 0 Å². The lowest BCUT2D eigenvalue weighted by atomic mass is 10.1. The number of hydrogen-bond acceptors (Lipinski definition) is 6. The molecule has 0 bridgehead atoms. The van der Waals surface area contributed by atoms with E-state index in [-0.39, 0.29) is 5.71 Å². The molecule has 2 atom stereocenters. The van der Waals surface area contributed by atoms with E-state index in [1.54, 1.807) is 0 Å². The highest BCUT2D eigenvalue weighted by atomic mass is 16.6. The molecule has 0 aromatic rings. The molecule has 1 saturated heterocycles. The first-order valence-electron chi connectivity index (χ1n) is 3.62. The molecule has 1 aliphatic heterocycles. The van der Waals surface area contributed by atoms with Crippen LogP contribution >= 0.6 is 0 Å². The van der Waals surface area contributed by atoms with Crippen LogP contribution in [0.1, 0.15) is 0 Å². The fourth-order valence-electron chi connectivity index (χ4n) is 1.01. The molecule has 0 spiro atoms. The maximum Gasteiger partial charge on any atom is 0.361 e. The molecule has 1 aliphatic rings. The first kappa shape index (κ1) is 9.82. The van der Waals surface area contributed by atoms with Crippen LogP contribution in [0.4, 0.5) is 0 Å². The van der Waals surface area contributed by atoms with Crippen molar-refractivity contribution in [2.75, 3.05) is 13.7 Å². The highest BCUT2D eigenvalue weighted by molar-refractivity contribution is 6.67. The minimum atomic E-state index is -1.38. The van der Waals surface area contributed by atoms with Gasteiger partial charge in [0.25, 0.3) is 0 Å². The SMILES string of the molecule is CN=C1C(=O)OC(C(O)CO)C1=O. The van der Waals surface area contributed by atoms with Crippen molar-refractivity contribution in [3.63, 3.8) is 0 Å². The summed E-state index contributed by atoms with van der Waals surface area (Å²) in [5.41, 5.74) is -0.322. The molecule has 1 heterocycles. The molecular formula is C7H9NO5. The van der Waals surface area contributed by atoms with Gasteiger partial charge in [0, 0.05) is 7.05 Å². The van der Waals surface area contributed by atoms with Crippen LogP contribution in [-0.2, 0) is 14.3 Å². The number of cyclic esters (lactones) is 1. The summed E-state index contributed by atoms with van der Waals surface area (Å²) < 4.78 is 4.50. The lowest BCUT2D eigenvalue weighted by Gasteiger charge is -2.11. The van der Waals surface area contributed by atoms with Gasteiger partial charge in [0.1, 0.15) is 6.10 Å². The van der Waals surface area contributed by atoms with Crippen molar-refractivity contribution >= 4 is 17.5 Å². The fourth-order valence-corrected chi connectivity index (χ4v) is 1.01. The molecule has 0 aromatic heterocycles. The highest BCUT2D eigenvalue weighted by Gasteiger charge is 2.43. The molecular weight excluding hydrogens is 178 g/mol. The van der Waals surface area contributed by atoms with Crippen molar-refractivity contribution in [1.82, 2.24) is 0 Å². The zero-order valence-corrected chi connectivity index (χ0v) is 6.93. The van der Waals surface area contributed by atoms with Gasteiger partial charge in [-0.25, -0.2) is 4.79 Å². The first-order chi connectivity index (χ1) is 6.11. The summed E-state index contributed by atoms with van der Waals surface area (Å²) in [4.78, 5) is 25.5. The number of hydrogen-bond donors (Lipinski definition) is 2. The Morgan fingerprint density at radius 2 is 2.23 bits per heavy atom. The molecule has 1 fully saturated rings. The van der Waals surface area contributed by atoms with Gasteiger partial charge in [0.05, 0.1) is 6.61 Å². The molecule has 13 heavy (non-hydrogen) atoms. The van der Waals surface area contributed by atoms with Crippen LogP contribution in [0.25, 0.3) is 0 Å². The zero-order valence-electron chi connectivity index (χ0n) is 6.93. The predicted octanol–water partition coefficient (Wildman–Crippen LogP) is -2.10. The van der Waals surface area contributed by atoms with Crippen LogP contribution in [0.15, 0.2) is 4.99 Å². The summed E-state index contributed by atoms with van der Waals surface area (Å²) in [6.45, 7) is -0.638. The molecule has 6 nitrogen and oxygen atoms in total. The molecule has 2 unspecified atom stereocenters. The van der Waals surface area contributed by atoms with Gasteiger partial charge in [-0.3, -0.25) is 9.79 Å². The van der Waals surface area contributed by atoms with E-state index < -0.39 is 30.6 Å². The van der Waals surface area contributed by atoms with Gasteiger partial charge >= 0.3 is 5.97 Å². The zero-order chi connectivity index (χ0) is 10.0. The van der Waals surface area contributed by atoms with Gasteiger partial charge < -0.3 is 14.9 Å². The molecule has 0 radical (unpaired) electrons. The Morgan fingerprint density at radius 3 is 2.62 bits per heavy atom. The topological polar surface area (TPSA) is 96.2 Å². The summed E-state index contributed by atoms with van der Waals surface area (Å²) >= 11 is 0. The second kappa shape index (κ2) is 3.63. The van der Waals surface area contributed by atoms with E-state index in [4.69, 9.17) is 10.2 Å². The summed E-state index contributed by atoms with van der Waals surface area (Å²) in [6.07, 6.45) is -2.69. The maximum atomic E-state index is 11.2. The van der Waals surface area contributed by atoms with Crippen molar-refractivity contribution in [3.8, 4) is 0 Å². The van der Waals surface area contributed by atoms with E-state index in [0.29, 0.717) is 0 Å². The maximum absolute atomic E-state index is 11.2. The average Bonchev–Trinajstić information content (AvgIpc) is 2.40. The van der Waals surface area contributed by atoms with Crippen molar-refractivity contribution in [3.05, 3.63) is 0 Å². The minimum Gasteiger partial charge on any atom is -0.446 e. The molecule has 72 valence electrons. The average molecular weight is 187 g/mol. The van der Waals surface area contributed by atoms with Gasteiger partial charge in [-0.15, -0.1) is 0 Å². The van der Waals surface area contributed by atoms with Gasteiger partial charge in [0.2, 0.25) is 5.78 Å². The molecule has 0 aromatic carbocycles. The van der Waals surface area contributed by atoms with Crippen molar-refractivity contribution < 1.29 is 24.5 Å². The Balaban J connectivity index is 2.85. The third kappa shape index (κ3) is 1.58. The number of aliphatic imine (C=N–C) groups is 1. The Bertz CT molecular complexity index is 272. The number of rotatable bonds is 2. The molecule has 0 amide bonds. The lowest BCUT2D eigenvalue weighted by Crippen LogP contribution is -2.35. The summed E-state index contributed by atoms with van der Waals surface area (Å²) in [6, 6.07) is 0. The van der Waals surface area contributed by atoms with E-state index in [1.807, 2.05) is 0 Å². The minimum absolute atomic E-state index is 0.322. The van der Waals surface area contributed by atoms with Crippen LogP contribution in [0, 0.1) is 0 Å². The van der Waals surface area contributed by atoms with Crippen LogP contribution in [-0.4, -0.2) is 53.5 Å². The van der Waals surface area contributed by atoms with Crippen molar-refractivity contribution in [1.29, 1.82) is 0 Å². The third-order valence-electron chi connectivity index (χ3n) is 1.68. The fraction of sp³-hybridized carbons (Fsp3) is 0.571. The Labute approximate surface area is 73.8 Å². The molecule has 2 N–H and O–H groups in total. The number of carbonyl (C=O) groups is 2. The van der Waals surface area contributed by atoms with E-state index >= 15 is 0 Å². The van der Waals surface area contributed by atoms with E-state index in [2.05, 4.69) is 9.73 Å². The normalized spacial score (nSPS) is 27.9. The number of Topliss-reactive ketones (excluding diaryl/α,β-unsaturated/α-hetero) is 1. The molecule has 1 rings (SSSR count).